The normalized spacial score (nSPS) is 16.3. The molecule has 2 aliphatic heterocycles. The molecular weight excluding hydrogens is 408 g/mol. The number of esters is 1. The number of ketones is 1. The summed E-state index contributed by atoms with van der Waals surface area (Å²) in [6.45, 7) is 4.01. The number of piperidine rings is 1. The van der Waals surface area contributed by atoms with Crippen LogP contribution >= 0.6 is 0 Å². The zero-order valence-corrected chi connectivity index (χ0v) is 18.5. The molecule has 8 nitrogen and oxygen atoms in total. The van der Waals surface area contributed by atoms with Crippen LogP contribution in [-0.4, -0.2) is 58.4 Å². The summed E-state index contributed by atoms with van der Waals surface area (Å²) in [5.41, 5.74) is 1.15. The molecule has 0 saturated carbocycles. The molecule has 1 saturated heterocycles. The topological polar surface area (TPSA) is 93.5 Å². The van der Waals surface area contributed by atoms with Crippen LogP contribution in [0.5, 0.6) is 0 Å². The number of Topliss-reactive ketones (excluding diaryl/α,β-unsaturated/α-hetero) is 1. The quantitative estimate of drug-likeness (QED) is 0.528. The van der Waals surface area contributed by atoms with E-state index in [-0.39, 0.29) is 30.1 Å². The summed E-state index contributed by atoms with van der Waals surface area (Å²) in [6, 6.07) is 9.09. The standard InChI is InChI=1S/C24H30N4O4/c1-2-32-24(31)18-11-14-27(15-12-18)23(30)21-22(26-20-10-6-7-13-28(20)21)25-16-19(29)17-8-4-3-5-9-17/h3-5,8-9,18,25H,2,6-7,10-16H2,1H3. The van der Waals surface area contributed by atoms with Gasteiger partial charge in [-0.15, -0.1) is 0 Å². The third kappa shape index (κ3) is 4.69. The van der Waals surface area contributed by atoms with Gasteiger partial charge in [-0.05, 0) is 32.6 Å². The Morgan fingerprint density at radius 3 is 2.56 bits per heavy atom. The summed E-state index contributed by atoms with van der Waals surface area (Å²) in [6.07, 6.45) is 4.05. The van der Waals surface area contributed by atoms with Gasteiger partial charge in [-0.2, -0.15) is 0 Å². The fraction of sp³-hybridized carbons (Fsp3) is 0.500. The van der Waals surface area contributed by atoms with Crippen molar-refractivity contribution in [3.63, 3.8) is 0 Å². The van der Waals surface area contributed by atoms with Gasteiger partial charge in [0, 0.05) is 31.6 Å². The van der Waals surface area contributed by atoms with E-state index in [1.54, 1.807) is 24.0 Å². The van der Waals surface area contributed by atoms with Gasteiger partial charge in [-0.25, -0.2) is 4.98 Å². The molecule has 1 aromatic heterocycles. The highest BCUT2D eigenvalue weighted by Gasteiger charge is 2.33. The lowest BCUT2D eigenvalue weighted by molar-refractivity contribution is -0.149. The van der Waals surface area contributed by atoms with Crippen LogP contribution in [0.2, 0.25) is 0 Å². The average molecular weight is 439 g/mol. The zero-order chi connectivity index (χ0) is 22.5. The van der Waals surface area contributed by atoms with Crippen LogP contribution in [-0.2, 0) is 22.5 Å². The molecule has 1 fully saturated rings. The van der Waals surface area contributed by atoms with E-state index in [1.807, 2.05) is 22.8 Å². The monoisotopic (exact) mass is 438 g/mol. The smallest absolute Gasteiger partial charge is 0.309 e. The van der Waals surface area contributed by atoms with Gasteiger partial charge in [0.1, 0.15) is 5.82 Å². The Morgan fingerprint density at radius 1 is 1.09 bits per heavy atom. The first kappa shape index (κ1) is 22.0. The highest BCUT2D eigenvalue weighted by Crippen LogP contribution is 2.27. The Bertz CT molecular complexity index is 977. The molecule has 0 atom stereocenters. The van der Waals surface area contributed by atoms with Crippen molar-refractivity contribution in [3.8, 4) is 0 Å². The molecule has 1 N–H and O–H groups in total. The lowest BCUT2D eigenvalue weighted by Crippen LogP contribution is -2.41. The SMILES string of the molecule is CCOC(=O)C1CCN(C(=O)c2c(NCC(=O)c3ccccc3)nc3n2CCCC3)CC1. The Hall–Kier alpha value is -3.16. The second kappa shape index (κ2) is 9.97. The molecule has 32 heavy (non-hydrogen) atoms. The molecule has 3 heterocycles. The van der Waals surface area contributed by atoms with Crippen LogP contribution in [0.4, 0.5) is 5.82 Å². The number of nitrogens with one attached hydrogen (secondary N) is 1. The predicted molar refractivity (Wildman–Crippen MR) is 120 cm³/mol. The predicted octanol–water partition coefficient (Wildman–Crippen LogP) is 2.93. The van der Waals surface area contributed by atoms with E-state index >= 15 is 0 Å². The van der Waals surface area contributed by atoms with Crippen LogP contribution in [0.3, 0.4) is 0 Å². The molecule has 0 unspecified atom stereocenters. The molecule has 2 aromatic rings. The Morgan fingerprint density at radius 2 is 1.84 bits per heavy atom. The van der Waals surface area contributed by atoms with Gasteiger partial charge in [0.15, 0.2) is 17.3 Å². The summed E-state index contributed by atoms with van der Waals surface area (Å²) < 4.78 is 7.13. The maximum atomic E-state index is 13.5. The van der Waals surface area contributed by atoms with Crippen LogP contribution in [0.25, 0.3) is 0 Å². The molecule has 1 aromatic carbocycles. The highest BCUT2D eigenvalue weighted by atomic mass is 16.5. The van der Waals surface area contributed by atoms with Crippen LogP contribution in [0.1, 0.15) is 59.3 Å². The van der Waals surface area contributed by atoms with E-state index in [0.717, 1.165) is 31.6 Å². The summed E-state index contributed by atoms with van der Waals surface area (Å²) in [5, 5.41) is 3.13. The molecule has 0 bridgehead atoms. The molecule has 1 amide bonds. The molecule has 4 rings (SSSR count). The number of nitrogens with zero attached hydrogens (tertiary/aromatic N) is 3. The van der Waals surface area contributed by atoms with Crippen LogP contribution < -0.4 is 5.32 Å². The summed E-state index contributed by atoms with van der Waals surface area (Å²) in [4.78, 5) is 44.6. The van der Waals surface area contributed by atoms with E-state index in [0.29, 0.717) is 49.6 Å². The van der Waals surface area contributed by atoms with Crippen molar-refractivity contribution in [2.75, 3.05) is 31.6 Å². The summed E-state index contributed by atoms with van der Waals surface area (Å²) in [7, 11) is 0. The van der Waals surface area contributed by atoms with Crippen molar-refractivity contribution in [1.29, 1.82) is 0 Å². The summed E-state index contributed by atoms with van der Waals surface area (Å²) in [5.74, 6) is 0.884. The van der Waals surface area contributed by atoms with Crippen molar-refractivity contribution in [3.05, 3.63) is 47.4 Å². The van der Waals surface area contributed by atoms with E-state index in [1.165, 1.54) is 0 Å². The van der Waals surface area contributed by atoms with Crippen molar-refractivity contribution in [1.82, 2.24) is 14.5 Å². The molecular formula is C24H30N4O4. The maximum Gasteiger partial charge on any atom is 0.309 e. The average Bonchev–Trinajstić information content (AvgIpc) is 3.21. The zero-order valence-electron chi connectivity index (χ0n) is 18.5. The molecule has 8 heteroatoms. The number of likely N-dealkylation sites (tertiary alicyclic amines) is 1. The number of carbonyl (C=O) groups excluding carboxylic acids is 3. The number of hydrogen-bond acceptors (Lipinski definition) is 6. The molecule has 0 radical (unpaired) electrons. The Kier molecular flexibility index (Phi) is 6.87. The Labute approximate surface area is 187 Å². The summed E-state index contributed by atoms with van der Waals surface area (Å²) >= 11 is 0. The minimum absolute atomic E-state index is 0.0507. The maximum absolute atomic E-state index is 13.5. The number of anilines is 1. The van der Waals surface area contributed by atoms with E-state index in [2.05, 4.69) is 10.3 Å². The molecule has 0 aliphatic carbocycles. The Balaban J connectivity index is 1.49. The molecule has 170 valence electrons. The third-order valence-corrected chi connectivity index (χ3v) is 6.20. The third-order valence-electron chi connectivity index (χ3n) is 6.20. The number of imidazole rings is 1. The van der Waals surface area contributed by atoms with Crippen LogP contribution in [0, 0.1) is 5.92 Å². The highest BCUT2D eigenvalue weighted by molar-refractivity contribution is 6.01. The van der Waals surface area contributed by atoms with Gasteiger partial charge in [0.25, 0.3) is 5.91 Å². The van der Waals surface area contributed by atoms with Gasteiger partial charge < -0.3 is 19.5 Å². The van der Waals surface area contributed by atoms with Gasteiger partial charge in [0.05, 0.1) is 19.1 Å². The van der Waals surface area contributed by atoms with Crippen LogP contribution in [0.15, 0.2) is 30.3 Å². The number of benzene rings is 1. The number of rotatable bonds is 7. The first-order chi connectivity index (χ1) is 15.6. The molecule has 2 aliphatic rings. The second-order valence-electron chi connectivity index (χ2n) is 8.30. The van der Waals surface area contributed by atoms with Crippen molar-refractivity contribution < 1.29 is 19.1 Å². The number of fused-ring (bicyclic) bond motifs is 1. The number of carbonyl (C=O) groups is 3. The van der Waals surface area contributed by atoms with Crippen molar-refractivity contribution >= 4 is 23.5 Å². The fourth-order valence-electron chi connectivity index (χ4n) is 4.44. The number of ether oxygens (including phenoxy) is 1. The number of amides is 1. The van der Waals surface area contributed by atoms with Crippen molar-refractivity contribution in [2.24, 2.45) is 5.92 Å². The largest absolute Gasteiger partial charge is 0.466 e. The van der Waals surface area contributed by atoms with Gasteiger partial charge in [-0.3, -0.25) is 14.4 Å². The minimum Gasteiger partial charge on any atom is -0.466 e. The van der Waals surface area contributed by atoms with E-state index < -0.39 is 0 Å². The first-order valence-electron chi connectivity index (χ1n) is 11.5. The van der Waals surface area contributed by atoms with Gasteiger partial charge >= 0.3 is 5.97 Å². The second-order valence-corrected chi connectivity index (χ2v) is 8.30. The van der Waals surface area contributed by atoms with Crippen molar-refractivity contribution in [2.45, 2.75) is 45.6 Å². The lowest BCUT2D eigenvalue weighted by atomic mass is 9.97. The lowest BCUT2D eigenvalue weighted by Gasteiger charge is -2.31. The number of aryl methyl sites for hydroxylation is 1. The number of aromatic nitrogens is 2. The van der Waals surface area contributed by atoms with Gasteiger partial charge in [0.2, 0.25) is 0 Å². The number of hydrogen-bond donors (Lipinski definition) is 1. The minimum atomic E-state index is -0.178. The van der Waals surface area contributed by atoms with Gasteiger partial charge in [-0.1, -0.05) is 30.3 Å². The van der Waals surface area contributed by atoms with E-state index in [4.69, 9.17) is 4.74 Å². The first-order valence-corrected chi connectivity index (χ1v) is 11.5. The fourth-order valence-corrected chi connectivity index (χ4v) is 4.44. The molecule has 0 spiro atoms. The van der Waals surface area contributed by atoms with E-state index in [9.17, 15) is 14.4 Å².